The lowest BCUT2D eigenvalue weighted by Crippen LogP contribution is -2.37. The Morgan fingerprint density at radius 3 is 2.79 bits per heavy atom. The molecule has 1 amide bonds. The number of rotatable bonds is 3. The van der Waals surface area contributed by atoms with Crippen molar-refractivity contribution < 1.29 is 4.79 Å². The summed E-state index contributed by atoms with van der Waals surface area (Å²) >= 11 is 5.85. The van der Waals surface area contributed by atoms with Crippen LogP contribution < -0.4 is 11.1 Å². The summed E-state index contributed by atoms with van der Waals surface area (Å²) in [7, 11) is 0. The molecule has 0 heterocycles. The zero-order valence-corrected chi connectivity index (χ0v) is 8.71. The van der Waals surface area contributed by atoms with Gasteiger partial charge in [-0.25, -0.2) is 0 Å². The Hall–Kier alpha value is -1.06. The third-order valence-corrected chi connectivity index (χ3v) is 2.18. The zero-order valence-electron chi connectivity index (χ0n) is 7.96. The molecule has 0 fully saturated rings. The molecule has 0 saturated heterocycles. The second-order valence-corrected chi connectivity index (χ2v) is 3.50. The fraction of sp³-hybridized carbons (Fsp3) is 0.300. The van der Waals surface area contributed by atoms with Crippen LogP contribution >= 0.6 is 11.6 Å². The molecule has 14 heavy (non-hydrogen) atoms. The first-order valence-corrected chi connectivity index (χ1v) is 4.78. The van der Waals surface area contributed by atoms with E-state index in [0.717, 1.165) is 0 Å². The van der Waals surface area contributed by atoms with Crippen LogP contribution in [0.4, 0.5) is 0 Å². The van der Waals surface area contributed by atoms with Crippen molar-refractivity contribution in [2.75, 3.05) is 6.54 Å². The molecule has 0 aliphatic carbocycles. The van der Waals surface area contributed by atoms with E-state index in [-0.39, 0.29) is 11.9 Å². The molecule has 0 bridgehead atoms. The largest absolute Gasteiger partial charge is 0.348 e. The van der Waals surface area contributed by atoms with Gasteiger partial charge in [0.1, 0.15) is 0 Å². The Morgan fingerprint density at radius 1 is 1.57 bits per heavy atom. The Kier molecular flexibility index (Phi) is 3.92. The minimum absolute atomic E-state index is 0.0428. The van der Waals surface area contributed by atoms with Crippen molar-refractivity contribution in [2.24, 2.45) is 5.73 Å². The number of carbonyl (C=O) groups excluding carboxylic acids is 1. The van der Waals surface area contributed by atoms with Crippen LogP contribution in [0.15, 0.2) is 24.3 Å². The van der Waals surface area contributed by atoms with Crippen molar-refractivity contribution in [3.63, 3.8) is 0 Å². The van der Waals surface area contributed by atoms with Gasteiger partial charge in [-0.15, -0.1) is 0 Å². The lowest BCUT2D eigenvalue weighted by atomic mass is 10.2. The molecule has 3 N–H and O–H groups in total. The van der Waals surface area contributed by atoms with Crippen molar-refractivity contribution in [3.8, 4) is 0 Å². The Morgan fingerprint density at radius 2 is 2.21 bits per heavy atom. The minimum atomic E-state index is -0.187. The molecule has 0 aromatic heterocycles. The smallest absolute Gasteiger partial charge is 0.253 e. The van der Waals surface area contributed by atoms with E-state index in [1.807, 2.05) is 6.92 Å². The van der Waals surface area contributed by atoms with E-state index in [9.17, 15) is 4.79 Å². The topological polar surface area (TPSA) is 55.1 Å². The Bertz CT molecular complexity index is 328. The predicted molar refractivity (Wildman–Crippen MR) is 57.4 cm³/mol. The second kappa shape index (κ2) is 4.98. The molecule has 1 rings (SSSR count). The number of benzene rings is 1. The van der Waals surface area contributed by atoms with Gasteiger partial charge in [-0.1, -0.05) is 23.7 Å². The first-order chi connectivity index (χ1) is 6.65. The number of nitrogens with two attached hydrogens (primary N) is 1. The quantitative estimate of drug-likeness (QED) is 0.796. The molecule has 0 radical (unpaired) electrons. The lowest BCUT2D eigenvalue weighted by molar-refractivity contribution is 0.0941. The molecule has 0 saturated carbocycles. The van der Waals surface area contributed by atoms with Gasteiger partial charge in [0.05, 0.1) is 10.6 Å². The monoisotopic (exact) mass is 212 g/mol. The summed E-state index contributed by atoms with van der Waals surface area (Å²) < 4.78 is 0. The minimum Gasteiger partial charge on any atom is -0.348 e. The van der Waals surface area contributed by atoms with Gasteiger partial charge >= 0.3 is 0 Å². The third kappa shape index (κ3) is 2.72. The van der Waals surface area contributed by atoms with E-state index < -0.39 is 0 Å². The van der Waals surface area contributed by atoms with E-state index >= 15 is 0 Å². The molecule has 1 unspecified atom stereocenters. The second-order valence-electron chi connectivity index (χ2n) is 3.09. The van der Waals surface area contributed by atoms with Crippen LogP contribution in [0.2, 0.25) is 5.02 Å². The highest BCUT2D eigenvalue weighted by atomic mass is 35.5. The molecule has 0 aliphatic rings. The van der Waals surface area contributed by atoms with Gasteiger partial charge in [0, 0.05) is 12.6 Å². The maximum absolute atomic E-state index is 11.6. The maximum atomic E-state index is 11.6. The number of nitrogens with one attached hydrogen (secondary N) is 1. The standard InChI is InChI=1S/C10H13ClN2O/c1-7(6-12)13-10(14)8-4-2-3-5-9(8)11/h2-5,7H,6,12H2,1H3,(H,13,14). The van der Waals surface area contributed by atoms with Crippen LogP contribution in [0.3, 0.4) is 0 Å². The molecule has 76 valence electrons. The van der Waals surface area contributed by atoms with Crippen LogP contribution in [-0.4, -0.2) is 18.5 Å². The van der Waals surface area contributed by atoms with Crippen molar-refractivity contribution in [1.29, 1.82) is 0 Å². The fourth-order valence-corrected chi connectivity index (χ4v) is 1.23. The van der Waals surface area contributed by atoms with Crippen molar-refractivity contribution in [3.05, 3.63) is 34.9 Å². The molecule has 0 aliphatic heterocycles. The molecule has 1 aromatic rings. The summed E-state index contributed by atoms with van der Waals surface area (Å²) in [6.45, 7) is 2.25. The maximum Gasteiger partial charge on any atom is 0.253 e. The van der Waals surface area contributed by atoms with Crippen molar-refractivity contribution >= 4 is 17.5 Å². The fourth-order valence-electron chi connectivity index (χ4n) is 1.01. The van der Waals surface area contributed by atoms with Gasteiger partial charge in [0.25, 0.3) is 5.91 Å². The number of hydrogen-bond acceptors (Lipinski definition) is 2. The van der Waals surface area contributed by atoms with Crippen LogP contribution in [0.5, 0.6) is 0 Å². The van der Waals surface area contributed by atoms with E-state index in [4.69, 9.17) is 17.3 Å². The molecule has 4 heteroatoms. The van der Waals surface area contributed by atoms with Gasteiger partial charge in [0.2, 0.25) is 0 Å². The number of hydrogen-bond donors (Lipinski definition) is 2. The van der Waals surface area contributed by atoms with Crippen molar-refractivity contribution in [2.45, 2.75) is 13.0 Å². The summed E-state index contributed by atoms with van der Waals surface area (Å²) in [6.07, 6.45) is 0. The van der Waals surface area contributed by atoms with Crippen molar-refractivity contribution in [1.82, 2.24) is 5.32 Å². The highest BCUT2D eigenvalue weighted by Crippen LogP contribution is 2.14. The third-order valence-electron chi connectivity index (χ3n) is 1.85. The zero-order chi connectivity index (χ0) is 10.6. The first-order valence-electron chi connectivity index (χ1n) is 4.40. The Balaban J connectivity index is 2.75. The van der Waals surface area contributed by atoms with Crippen LogP contribution in [-0.2, 0) is 0 Å². The molecule has 1 atom stereocenters. The highest BCUT2D eigenvalue weighted by Gasteiger charge is 2.10. The molecular formula is C10H13ClN2O. The predicted octanol–water partition coefficient (Wildman–Crippen LogP) is 1.42. The van der Waals surface area contributed by atoms with Gasteiger partial charge < -0.3 is 11.1 Å². The summed E-state index contributed by atoms with van der Waals surface area (Å²) in [5, 5.41) is 3.19. The SMILES string of the molecule is CC(CN)NC(=O)c1ccccc1Cl. The van der Waals surface area contributed by atoms with Gasteiger partial charge in [-0.2, -0.15) is 0 Å². The number of halogens is 1. The molecular weight excluding hydrogens is 200 g/mol. The van der Waals surface area contributed by atoms with Crippen LogP contribution in [0.1, 0.15) is 17.3 Å². The normalized spacial score (nSPS) is 12.2. The number of carbonyl (C=O) groups is 1. The molecule has 3 nitrogen and oxygen atoms in total. The molecule has 0 spiro atoms. The Labute approximate surface area is 88.2 Å². The van der Waals surface area contributed by atoms with E-state index in [1.54, 1.807) is 24.3 Å². The van der Waals surface area contributed by atoms with Gasteiger partial charge in [-0.05, 0) is 19.1 Å². The first kappa shape index (κ1) is 11.0. The van der Waals surface area contributed by atoms with Crippen LogP contribution in [0.25, 0.3) is 0 Å². The summed E-state index contributed by atoms with van der Waals surface area (Å²) in [4.78, 5) is 11.6. The summed E-state index contributed by atoms with van der Waals surface area (Å²) in [6, 6.07) is 6.88. The number of amides is 1. The van der Waals surface area contributed by atoms with E-state index in [0.29, 0.717) is 17.1 Å². The van der Waals surface area contributed by atoms with E-state index in [1.165, 1.54) is 0 Å². The van der Waals surface area contributed by atoms with Gasteiger partial charge in [0.15, 0.2) is 0 Å². The summed E-state index contributed by atoms with van der Waals surface area (Å²) in [5.74, 6) is -0.187. The van der Waals surface area contributed by atoms with Gasteiger partial charge in [-0.3, -0.25) is 4.79 Å². The van der Waals surface area contributed by atoms with Crippen LogP contribution in [0, 0.1) is 0 Å². The average Bonchev–Trinajstić information content (AvgIpc) is 2.18. The lowest BCUT2D eigenvalue weighted by Gasteiger charge is -2.11. The highest BCUT2D eigenvalue weighted by molar-refractivity contribution is 6.33. The average molecular weight is 213 g/mol. The molecule has 1 aromatic carbocycles. The van der Waals surface area contributed by atoms with E-state index in [2.05, 4.69) is 5.32 Å². The summed E-state index contributed by atoms with van der Waals surface area (Å²) in [5.41, 5.74) is 5.87.